The van der Waals surface area contributed by atoms with E-state index in [-0.39, 0.29) is 16.1 Å². The molecule has 1 aromatic carbocycles. The first kappa shape index (κ1) is 12.5. The van der Waals surface area contributed by atoms with E-state index in [4.69, 9.17) is 16.7 Å². The summed E-state index contributed by atoms with van der Waals surface area (Å²) in [6, 6.07) is 1.61. The zero-order valence-corrected chi connectivity index (χ0v) is 7.38. The number of carbonyl (C=O) groups is 1. The van der Waals surface area contributed by atoms with Crippen molar-refractivity contribution in [3.8, 4) is 0 Å². The second-order valence-electron chi connectivity index (χ2n) is 2.22. The molecule has 14 heavy (non-hydrogen) atoms. The molecule has 5 nitrogen and oxygen atoms in total. The summed E-state index contributed by atoms with van der Waals surface area (Å²) >= 11 is 5.40. The third kappa shape index (κ3) is 2.24. The lowest BCUT2D eigenvalue weighted by atomic mass is 10.2. The van der Waals surface area contributed by atoms with E-state index in [9.17, 15) is 14.1 Å². The SMILES string of the molecule is O=[NH+]c1cc(C(=O)O)c(Cl)cc1F.[OH-]. The molecule has 0 aromatic heterocycles. The topological polar surface area (TPSA) is 98.3 Å². The third-order valence-electron chi connectivity index (χ3n) is 1.40. The van der Waals surface area contributed by atoms with Crippen LogP contribution in [0, 0.1) is 10.7 Å². The first-order valence-electron chi connectivity index (χ1n) is 3.16. The average Bonchev–Trinajstić information content (AvgIpc) is 2.03. The maximum atomic E-state index is 12.8. The van der Waals surface area contributed by atoms with Crippen LogP contribution in [0.25, 0.3) is 0 Å². The highest BCUT2D eigenvalue weighted by Crippen LogP contribution is 2.21. The van der Waals surface area contributed by atoms with Gasteiger partial charge in [0.05, 0.1) is 10.6 Å². The van der Waals surface area contributed by atoms with Gasteiger partial charge < -0.3 is 10.6 Å². The Labute approximate surface area is 82.4 Å². The van der Waals surface area contributed by atoms with E-state index >= 15 is 0 Å². The van der Waals surface area contributed by atoms with E-state index < -0.39 is 17.5 Å². The molecule has 1 aromatic rings. The lowest BCUT2D eigenvalue weighted by Crippen LogP contribution is -2.56. The molecule has 0 aliphatic carbocycles. The Morgan fingerprint density at radius 2 is 2.07 bits per heavy atom. The van der Waals surface area contributed by atoms with Crippen molar-refractivity contribution < 1.29 is 24.9 Å². The van der Waals surface area contributed by atoms with Gasteiger partial charge >= 0.3 is 5.97 Å². The van der Waals surface area contributed by atoms with E-state index in [1.807, 2.05) is 0 Å². The molecule has 0 saturated carbocycles. The monoisotopic (exact) mass is 221 g/mol. The van der Waals surface area contributed by atoms with Crippen LogP contribution in [-0.4, -0.2) is 16.6 Å². The van der Waals surface area contributed by atoms with Crippen LogP contribution in [0.15, 0.2) is 12.1 Å². The quantitative estimate of drug-likeness (QED) is 0.759. The smallest absolute Gasteiger partial charge is 0.337 e. The van der Waals surface area contributed by atoms with Gasteiger partial charge in [0.25, 0.3) is 5.69 Å². The molecular weight excluding hydrogens is 217 g/mol. The standard InChI is InChI=1S/C7H3ClFNO3.H2O/c8-4-2-5(9)6(10-13)1-3(4)7(11)12;/h1-2H,(H,11,12);1H2. The molecule has 0 unspecified atom stereocenters. The largest absolute Gasteiger partial charge is 0.870 e. The number of hydrogen-bond donors (Lipinski definition) is 2. The maximum Gasteiger partial charge on any atom is 0.337 e. The average molecular weight is 222 g/mol. The van der Waals surface area contributed by atoms with Crippen molar-refractivity contribution in [2.24, 2.45) is 0 Å². The van der Waals surface area contributed by atoms with Crippen molar-refractivity contribution in [1.29, 1.82) is 0 Å². The van der Waals surface area contributed by atoms with Crippen LogP contribution >= 0.6 is 11.6 Å². The summed E-state index contributed by atoms with van der Waals surface area (Å²) in [7, 11) is 0. The third-order valence-corrected chi connectivity index (χ3v) is 1.71. The molecule has 0 aliphatic rings. The number of nitrogens with one attached hydrogen (secondary N) is 1. The summed E-state index contributed by atoms with van der Waals surface area (Å²) in [5, 5.41) is 9.56. The first-order chi connectivity index (χ1) is 6.06. The van der Waals surface area contributed by atoms with Gasteiger partial charge in [0.1, 0.15) is 0 Å². The Kier molecular flexibility index (Phi) is 4.13. The van der Waals surface area contributed by atoms with Crippen LogP contribution in [0.3, 0.4) is 0 Å². The zero-order valence-electron chi connectivity index (χ0n) is 6.62. The van der Waals surface area contributed by atoms with Gasteiger partial charge in [0, 0.05) is 22.2 Å². The molecule has 0 amide bonds. The van der Waals surface area contributed by atoms with E-state index in [0.717, 1.165) is 12.1 Å². The zero-order chi connectivity index (χ0) is 10.0. The molecule has 0 heterocycles. The molecule has 0 radical (unpaired) electrons. The van der Waals surface area contributed by atoms with Crippen molar-refractivity contribution >= 4 is 23.3 Å². The number of nitroso groups, excluding NO2 is 1. The lowest BCUT2D eigenvalue weighted by molar-refractivity contribution is -0.382. The number of rotatable bonds is 2. The highest BCUT2D eigenvalue weighted by atomic mass is 35.5. The molecule has 0 saturated heterocycles. The molecule has 0 spiro atoms. The fourth-order valence-electron chi connectivity index (χ4n) is 0.791. The van der Waals surface area contributed by atoms with Gasteiger partial charge in [-0.3, -0.25) is 0 Å². The van der Waals surface area contributed by atoms with Gasteiger partial charge in [-0.15, -0.1) is 0 Å². The Bertz CT molecular complexity index is 382. The van der Waals surface area contributed by atoms with Crippen molar-refractivity contribution in [3.63, 3.8) is 0 Å². The minimum absolute atomic E-state index is 0. The van der Waals surface area contributed by atoms with Gasteiger partial charge in [-0.1, -0.05) is 11.6 Å². The minimum atomic E-state index is -1.32. The number of aromatic carboxylic acids is 1. The predicted molar refractivity (Wildman–Crippen MR) is 44.3 cm³/mol. The van der Waals surface area contributed by atoms with Crippen molar-refractivity contribution in [3.05, 3.63) is 33.4 Å². The lowest BCUT2D eigenvalue weighted by Gasteiger charge is -1.96. The molecule has 0 fully saturated rings. The van der Waals surface area contributed by atoms with Gasteiger partial charge in [-0.05, 0) is 0 Å². The second-order valence-corrected chi connectivity index (χ2v) is 2.63. The Balaban J connectivity index is 0.00000169. The van der Waals surface area contributed by atoms with Crippen LogP contribution in [0.2, 0.25) is 5.02 Å². The van der Waals surface area contributed by atoms with Crippen molar-refractivity contribution in [2.45, 2.75) is 0 Å². The number of carboxylic acid groups (broad SMARTS) is 1. The highest BCUT2D eigenvalue weighted by Gasteiger charge is 2.17. The molecular formula is C7H5ClFNO4. The van der Waals surface area contributed by atoms with E-state index in [0.29, 0.717) is 0 Å². The van der Waals surface area contributed by atoms with Crippen molar-refractivity contribution in [2.75, 3.05) is 0 Å². The number of carboxylic acids is 1. The van der Waals surface area contributed by atoms with Gasteiger partial charge in [0.2, 0.25) is 0 Å². The Hall–Kier alpha value is -1.53. The van der Waals surface area contributed by atoms with E-state index in [1.54, 1.807) is 0 Å². The van der Waals surface area contributed by atoms with Gasteiger partial charge in [-0.2, -0.15) is 4.39 Å². The predicted octanol–water partition coefficient (Wildman–Crippen LogP) is 0.479. The molecule has 0 atom stereocenters. The fourth-order valence-corrected chi connectivity index (χ4v) is 1.02. The summed E-state index contributed by atoms with van der Waals surface area (Å²) in [5.74, 6) is -2.20. The number of hydrogen-bond acceptors (Lipinski definition) is 3. The van der Waals surface area contributed by atoms with E-state index in [1.165, 1.54) is 5.18 Å². The summed E-state index contributed by atoms with van der Waals surface area (Å²) in [6.45, 7) is 0. The van der Waals surface area contributed by atoms with Crippen LogP contribution in [0.5, 0.6) is 0 Å². The summed E-state index contributed by atoms with van der Waals surface area (Å²) < 4.78 is 12.8. The number of benzene rings is 1. The minimum Gasteiger partial charge on any atom is -0.870 e. The summed E-state index contributed by atoms with van der Waals surface area (Å²) in [5.41, 5.74) is -0.761. The van der Waals surface area contributed by atoms with E-state index in [2.05, 4.69) is 0 Å². The molecule has 7 heteroatoms. The fraction of sp³-hybridized carbons (Fsp3) is 0. The van der Waals surface area contributed by atoms with Crippen molar-refractivity contribution in [1.82, 2.24) is 0 Å². The van der Waals surface area contributed by atoms with Gasteiger partial charge in [0.15, 0.2) is 5.82 Å². The van der Waals surface area contributed by atoms with Crippen LogP contribution in [-0.2, 0) is 0 Å². The van der Waals surface area contributed by atoms with Crippen LogP contribution < -0.4 is 5.18 Å². The summed E-state index contributed by atoms with van der Waals surface area (Å²) in [4.78, 5) is 20.6. The number of halogens is 2. The molecule has 3 N–H and O–H groups in total. The highest BCUT2D eigenvalue weighted by molar-refractivity contribution is 6.33. The first-order valence-corrected chi connectivity index (χ1v) is 3.54. The Morgan fingerprint density at radius 1 is 1.50 bits per heavy atom. The molecule has 76 valence electrons. The van der Waals surface area contributed by atoms with Gasteiger partial charge in [-0.25, -0.2) is 4.79 Å². The molecule has 0 bridgehead atoms. The normalized spacial score (nSPS) is 9.00. The van der Waals surface area contributed by atoms with Crippen LogP contribution in [0.4, 0.5) is 10.1 Å². The Morgan fingerprint density at radius 3 is 2.50 bits per heavy atom. The maximum absolute atomic E-state index is 12.8. The summed E-state index contributed by atoms with van der Waals surface area (Å²) in [6.07, 6.45) is 0. The molecule has 0 aliphatic heterocycles. The molecule has 1 rings (SSSR count). The second kappa shape index (κ2) is 4.64. The van der Waals surface area contributed by atoms with Crippen LogP contribution in [0.1, 0.15) is 10.4 Å².